The van der Waals surface area contributed by atoms with Gasteiger partial charge in [-0.1, -0.05) is 18.2 Å². The van der Waals surface area contributed by atoms with E-state index in [1.807, 2.05) is 17.5 Å². The topological polar surface area (TPSA) is 41.6 Å². The first kappa shape index (κ1) is 17.6. The molecule has 2 aromatic rings. The van der Waals surface area contributed by atoms with E-state index in [9.17, 15) is 9.18 Å². The molecule has 1 heterocycles. The number of carbonyl (C=O) groups is 1. The van der Waals surface area contributed by atoms with Gasteiger partial charge in [-0.05, 0) is 29.1 Å². The molecule has 23 heavy (non-hydrogen) atoms. The number of nitrogens with zero attached hydrogens (tertiary/aromatic N) is 1. The third kappa shape index (κ3) is 6.09. The number of benzene rings is 1. The predicted molar refractivity (Wildman–Crippen MR) is 89.7 cm³/mol. The van der Waals surface area contributed by atoms with Crippen LogP contribution in [0.4, 0.5) is 4.39 Å². The highest BCUT2D eigenvalue weighted by molar-refractivity contribution is 7.09. The Labute approximate surface area is 139 Å². The maximum atomic E-state index is 13.0. The summed E-state index contributed by atoms with van der Waals surface area (Å²) in [6, 6.07) is 10.2. The summed E-state index contributed by atoms with van der Waals surface area (Å²) in [7, 11) is 1.63. The van der Waals surface area contributed by atoms with Gasteiger partial charge in [0.2, 0.25) is 5.91 Å². The number of ether oxygens (including phenoxy) is 1. The Balaban J connectivity index is 1.98. The summed E-state index contributed by atoms with van der Waals surface area (Å²) in [6.07, 6.45) is 0. The summed E-state index contributed by atoms with van der Waals surface area (Å²) >= 11 is 1.62. The van der Waals surface area contributed by atoms with E-state index >= 15 is 0 Å². The van der Waals surface area contributed by atoms with Crippen LogP contribution in [-0.4, -0.2) is 37.6 Å². The molecule has 0 aliphatic heterocycles. The summed E-state index contributed by atoms with van der Waals surface area (Å²) in [5.74, 6) is -0.259. The van der Waals surface area contributed by atoms with Gasteiger partial charge in [-0.25, -0.2) is 4.39 Å². The minimum atomic E-state index is -0.272. The zero-order valence-corrected chi connectivity index (χ0v) is 13.9. The molecule has 0 fully saturated rings. The van der Waals surface area contributed by atoms with Crippen LogP contribution in [0.15, 0.2) is 41.8 Å². The molecule has 1 aromatic carbocycles. The summed E-state index contributed by atoms with van der Waals surface area (Å²) in [5, 5.41) is 5.06. The van der Waals surface area contributed by atoms with E-state index < -0.39 is 0 Å². The van der Waals surface area contributed by atoms with E-state index in [2.05, 4.69) is 5.32 Å². The molecule has 0 aliphatic rings. The summed E-state index contributed by atoms with van der Waals surface area (Å²) in [6.45, 7) is 2.47. The standard InChI is InChI=1S/C17H21FN2O2S/c1-22-9-8-19-11-17(21)20(13-16-3-2-10-23-16)12-14-4-6-15(18)7-5-14/h2-7,10,19H,8-9,11-13H2,1H3. The zero-order chi connectivity index (χ0) is 16.5. The van der Waals surface area contributed by atoms with Crippen molar-refractivity contribution in [3.63, 3.8) is 0 Å². The first-order valence-electron chi connectivity index (χ1n) is 7.43. The molecule has 0 spiro atoms. The van der Waals surface area contributed by atoms with Crippen LogP contribution >= 0.6 is 11.3 Å². The monoisotopic (exact) mass is 336 g/mol. The van der Waals surface area contributed by atoms with E-state index in [1.165, 1.54) is 12.1 Å². The lowest BCUT2D eigenvalue weighted by Crippen LogP contribution is -2.38. The normalized spacial score (nSPS) is 10.7. The Kier molecular flexibility index (Phi) is 7.19. The molecule has 1 amide bonds. The molecule has 1 N–H and O–H groups in total. The van der Waals surface area contributed by atoms with Crippen molar-refractivity contribution >= 4 is 17.2 Å². The molecule has 6 heteroatoms. The van der Waals surface area contributed by atoms with E-state index in [0.29, 0.717) is 26.2 Å². The van der Waals surface area contributed by atoms with Gasteiger partial charge in [0.15, 0.2) is 0 Å². The number of hydrogen-bond acceptors (Lipinski definition) is 4. The molecule has 0 saturated heterocycles. The van der Waals surface area contributed by atoms with Gasteiger partial charge >= 0.3 is 0 Å². The van der Waals surface area contributed by atoms with Crippen molar-refractivity contribution in [3.05, 3.63) is 58.0 Å². The lowest BCUT2D eigenvalue weighted by molar-refractivity contribution is -0.131. The fraction of sp³-hybridized carbons (Fsp3) is 0.353. The molecule has 0 radical (unpaired) electrons. The van der Waals surface area contributed by atoms with Gasteiger partial charge in [0.25, 0.3) is 0 Å². The summed E-state index contributed by atoms with van der Waals surface area (Å²) < 4.78 is 18.0. The third-order valence-electron chi connectivity index (χ3n) is 3.33. The van der Waals surface area contributed by atoms with E-state index in [-0.39, 0.29) is 18.3 Å². The average molecular weight is 336 g/mol. The number of amides is 1. The minimum absolute atomic E-state index is 0.0128. The molecule has 0 bridgehead atoms. The molecule has 4 nitrogen and oxygen atoms in total. The Morgan fingerprint density at radius 3 is 2.70 bits per heavy atom. The van der Waals surface area contributed by atoms with E-state index in [1.54, 1.807) is 35.5 Å². The Morgan fingerprint density at radius 1 is 1.26 bits per heavy atom. The van der Waals surface area contributed by atoms with Gasteiger partial charge in [-0.15, -0.1) is 11.3 Å². The highest BCUT2D eigenvalue weighted by Crippen LogP contribution is 2.15. The van der Waals surface area contributed by atoms with Gasteiger partial charge < -0.3 is 15.0 Å². The predicted octanol–water partition coefficient (Wildman–Crippen LogP) is 2.65. The number of rotatable bonds is 9. The number of nitrogens with one attached hydrogen (secondary N) is 1. The maximum absolute atomic E-state index is 13.0. The summed E-state index contributed by atoms with van der Waals surface area (Å²) in [4.78, 5) is 15.4. The van der Waals surface area contributed by atoms with Crippen molar-refractivity contribution in [3.8, 4) is 0 Å². The third-order valence-corrected chi connectivity index (χ3v) is 4.19. The van der Waals surface area contributed by atoms with Gasteiger partial charge in [0, 0.05) is 25.1 Å². The van der Waals surface area contributed by atoms with Crippen molar-refractivity contribution in [2.45, 2.75) is 13.1 Å². The van der Waals surface area contributed by atoms with E-state index in [0.717, 1.165) is 10.4 Å². The first-order valence-corrected chi connectivity index (χ1v) is 8.31. The Morgan fingerprint density at radius 2 is 2.04 bits per heavy atom. The van der Waals surface area contributed by atoms with Crippen LogP contribution in [0.2, 0.25) is 0 Å². The minimum Gasteiger partial charge on any atom is -0.383 e. The van der Waals surface area contributed by atoms with Crippen LogP contribution in [0.25, 0.3) is 0 Å². The average Bonchev–Trinajstić information content (AvgIpc) is 3.06. The largest absolute Gasteiger partial charge is 0.383 e. The number of carbonyl (C=O) groups excluding carboxylic acids is 1. The zero-order valence-electron chi connectivity index (χ0n) is 13.1. The summed E-state index contributed by atoms with van der Waals surface area (Å²) in [5.41, 5.74) is 0.910. The maximum Gasteiger partial charge on any atom is 0.237 e. The van der Waals surface area contributed by atoms with Crippen molar-refractivity contribution in [1.29, 1.82) is 0 Å². The lowest BCUT2D eigenvalue weighted by Gasteiger charge is -2.22. The Bertz CT molecular complexity index is 587. The van der Waals surface area contributed by atoms with E-state index in [4.69, 9.17) is 4.74 Å². The van der Waals surface area contributed by atoms with Crippen LogP contribution in [-0.2, 0) is 22.6 Å². The highest BCUT2D eigenvalue weighted by Gasteiger charge is 2.15. The molecule has 2 rings (SSSR count). The van der Waals surface area contributed by atoms with Gasteiger partial charge in [0.1, 0.15) is 5.82 Å². The molecule has 0 unspecified atom stereocenters. The molecule has 0 aliphatic carbocycles. The van der Waals surface area contributed by atoms with Crippen molar-refractivity contribution in [1.82, 2.24) is 10.2 Å². The molecule has 124 valence electrons. The molecular weight excluding hydrogens is 315 g/mol. The smallest absolute Gasteiger partial charge is 0.237 e. The second kappa shape index (κ2) is 9.39. The first-order chi connectivity index (χ1) is 11.2. The second-order valence-electron chi connectivity index (χ2n) is 5.13. The number of methoxy groups -OCH3 is 1. The van der Waals surface area contributed by atoms with Crippen LogP contribution in [0.5, 0.6) is 0 Å². The molecule has 1 aromatic heterocycles. The highest BCUT2D eigenvalue weighted by atomic mass is 32.1. The fourth-order valence-corrected chi connectivity index (χ4v) is 2.83. The fourth-order valence-electron chi connectivity index (χ4n) is 2.11. The SMILES string of the molecule is COCCNCC(=O)N(Cc1ccc(F)cc1)Cc1cccs1. The molecule has 0 atom stereocenters. The van der Waals surface area contributed by atoms with Crippen LogP contribution < -0.4 is 5.32 Å². The lowest BCUT2D eigenvalue weighted by atomic mass is 10.2. The van der Waals surface area contributed by atoms with Crippen LogP contribution in [0.3, 0.4) is 0 Å². The van der Waals surface area contributed by atoms with Crippen LogP contribution in [0, 0.1) is 5.82 Å². The van der Waals surface area contributed by atoms with Crippen molar-refractivity contribution < 1.29 is 13.9 Å². The molecule has 0 saturated carbocycles. The number of halogens is 1. The van der Waals surface area contributed by atoms with Gasteiger partial charge in [-0.2, -0.15) is 0 Å². The van der Waals surface area contributed by atoms with Crippen molar-refractivity contribution in [2.24, 2.45) is 0 Å². The number of hydrogen-bond donors (Lipinski definition) is 1. The number of thiophene rings is 1. The van der Waals surface area contributed by atoms with Crippen molar-refractivity contribution in [2.75, 3.05) is 26.8 Å². The van der Waals surface area contributed by atoms with Gasteiger partial charge in [-0.3, -0.25) is 4.79 Å². The second-order valence-corrected chi connectivity index (χ2v) is 6.16. The molecular formula is C17H21FN2O2S. The Hall–Kier alpha value is -1.76. The van der Waals surface area contributed by atoms with Crippen LogP contribution in [0.1, 0.15) is 10.4 Å². The van der Waals surface area contributed by atoms with Gasteiger partial charge in [0.05, 0.1) is 19.7 Å². The quantitative estimate of drug-likeness (QED) is 0.716.